The molecule has 1 aromatic heterocycles. The van der Waals surface area contributed by atoms with E-state index in [9.17, 15) is 21.6 Å². The summed E-state index contributed by atoms with van der Waals surface area (Å²) in [6, 6.07) is 2.32. The van der Waals surface area contributed by atoms with Gasteiger partial charge in [-0.15, -0.1) is 11.3 Å². The Bertz CT molecular complexity index is 516. The first-order valence-corrected chi connectivity index (χ1v) is 7.15. The van der Waals surface area contributed by atoms with E-state index in [1.165, 1.54) is 6.07 Å². The molecular formula is C7H3Cl2F3O2S2. The molecule has 0 saturated heterocycles. The molecule has 0 aliphatic carbocycles. The molecule has 0 aromatic carbocycles. The quantitative estimate of drug-likeness (QED) is 0.777. The molecule has 1 rings (SSSR count). The summed E-state index contributed by atoms with van der Waals surface area (Å²) in [6.45, 7) is 0. The normalized spacial score (nSPS) is 14.2. The van der Waals surface area contributed by atoms with Crippen molar-refractivity contribution in [2.75, 3.05) is 0 Å². The number of hydrogen-bond acceptors (Lipinski definition) is 3. The van der Waals surface area contributed by atoms with Gasteiger partial charge in [0, 0.05) is 15.6 Å². The van der Waals surface area contributed by atoms with Crippen LogP contribution in [0.1, 0.15) is 4.88 Å². The van der Waals surface area contributed by atoms with Crippen LogP contribution in [-0.2, 0) is 9.05 Å². The Morgan fingerprint density at radius 2 is 1.94 bits per heavy atom. The lowest BCUT2D eigenvalue weighted by molar-refractivity contribution is -0.0686. The van der Waals surface area contributed by atoms with E-state index in [0.717, 1.165) is 6.07 Å². The standard InChI is InChI=1S/C7H3Cl2F3O2S2/c8-6-2-1-5(15-6)4(7(10,11)12)3-16(9,13)14/h1-3H. The van der Waals surface area contributed by atoms with Gasteiger partial charge in [0.15, 0.2) is 0 Å². The third kappa shape index (κ3) is 3.97. The summed E-state index contributed by atoms with van der Waals surface area (Å²) in [5, 5.41) is -0.0310. The molecule has 0 aliphatic heterocycles. The fourth-order valence-electron chi connectivity index (χ4n) is 0.864. The SMILES string of the molecule is O=S(=O)(Cl)C=C(c1ccc(Cl)s1)C(F)(F)F. The molecule has 0 saturated carbocycles. The Morgan fingerprint density at radius 1 is 1.38 bits per heavy atom. The summed E-state index contributed by atoms with van der Waals surface area (Å²) in [7, 11) is 0.367. The molecule has 16 heavy (non-hydrogen) atoms. The van der Waals surface area contributed by atoms with E-state index in [4.69, 9.17) is 22.3 Å². The summed E-state index contributed by atoms with van der Waals surface area (Å²) in [6.07, 6.45) is -4.81. The second-order valence-electron chi connectivity index (χ2n) is 2.61. The minimum absolute atomic E-state index is 0.0310. The van der Waals surface area contributed by atoms with Gasteiger partial charge in [-0.25, -0.2) is 8.42 Å². The number of allylic oxidation sites excluding steroid dienone is 1. The fraction of sp³-hybridized carbons (Fsp3) is 0.143. The Morgan fingerprint density at radius 3 is 2.25 bits per heavy atom. The zero-order chi connectivity index (χ0) is 12.6. The average molecular weight is 311 g/mol. The van der Waals surface area contributed by atoms with Gasteiger partial charge < -0.3 is 0 Å². The molecule has 0 atom stereocenters. The molecule has 0 radical (unpaired) electrons. The summed E-state index contributed by atoms with van der Waals surface area (Å²) in [4.78, 5) is -0.304. The van der Waals surface area contributed by atoms with Crippen molar-refractivity contribution in [3.8, 4) is 0 Å². The van der Waals surface area contributed by atoms with Crippen LogP contribution < -0.4 is 0 Å². The highest BCUT2D eigenvalue weighted by atomic mass is 35.7. The van der Waals surface area contributed by atoms with Crippen molar-refractivity contribution in [2.45, 2.75) is 6.18 Å². The van der Waals surface area contributed by atoms with Crippen molar-refractivity contribution in [1.82, 2.24) is 0 Å². The number of thiophene rings is 1. The second kappa shape index (κ2) is 4.56. The Balaban J connectivity index is 3.34. The molecule has 0 bridgehead atoms. The van der Waals surface area contributed by atoms with Crippen molar-refractivity contribution in [1.29, 1.82) is 0 Å². The van der Waals surface area contributed by atoms with Gasteiger partial charge in [0.05, 0.1) is 15.3 Å². The summed E-state index contributed by atoms with van der Waals surface area (Å²) < 4.78 is 58.9. The fourth-order valence-corrected chi connectivity index (χ4v) is 2.83. The van der Waals surface area contributed by atoms with E-state index < -0.39 is 20.8 Å². The summed E-state index contributed by atoms with van der Waals surface area (Å²) >= 11 is 6.08. The van der Waals surface area contributed by atoms with Crippen LogP contribution in [-0.4, -0.2) is 14.6 Å². The maximum atomic E-state index is 12.5. The molecule has 0 aliphatic rings. The summed E-state index contributed by atoms with van der Waals surface area (Å²) in [5.41, 5.74) is -1.33. The number of halogens is 5. The molecule has 0 spiro atoms. The monoisotopic (exact) mass is 310 g/mol. The van der Waals surface area contributed by atoms with Crippen molar-refractivity contribution in [3.05, 3.63) is 26.8 Å². The van der Waals surface area contributed by atoms with Gasteiger partial charge in [0.1, 0.15) is 0 Å². The van der Waals surface area contributed by atoms with Crippen molar-refractivity contribution in [2.24, 2.45) is 0 Å². The molecule has 90 valence electrons. The molecule has 9 heteroatoms. The van der Waals surface area contributed by atoms with E-state index in [0.29, 0.717) is 11.3 Å². The minimum atomic E-state index is -4.81. The van der Waals surface area contributed by atoms with Crippen molar-refractivity contribution < 1.29 is 21.6 Å². The third-order valence-electron chi connectivity index (χ3n) is 1.40. The predicted octanol–water partition coefficient (Wildman–Crippen LogP) is 3.87. The third-order valence-corrected chi connectivity index (χ3v) is 3.45. The molecule has 1 aromatic rings. The number of alkyl halides is 3. The van der Waals surface area contributed by atoms with Gasteiger partial charge in [-0.2, -0.15) is 13.2 Å². The van der Waals surface area contributed by atoms with Gasteiger partial charge in [-0.1, -0.05) is 11.6 Å². The van der Waals surface area contributed by atoms with Crippen LogP contribution in [0.25, 0.3) is 5.57 Å². The van der Waals surface area contributed by atoms with Crippen LogP contribution in [0.3, 0.4) is 0 Å². The average Bonchev–Trinajstić information content (AvgIpc) is 2.43. The van der Waals surface area contributed by atoms with Gasteiger partial charge in [-0.3, -0.25) is 0 Å². The van der Waals surface area contributed by atoms with Crippen molar-refractivity contribution in [3.63, 3.8) is 0 Å². The molecule has 1 heterocycles. The van der Waals surface area contributed by atoms with Crippen LogP contribution in [0.15, 0.2) is 17.5 Å². The highest BCUT2D eigenvalue weighted by molar-refractivity contribution is 8.16. The molecule has 2 nitrogen and oxygen atoms in total. The van der Waals surface area contributed by atoms with E-state index >= 15 is 0 Å². The molecule has 0 N–H and O–H groups in total. The van der Waals surface area contributed by atoms with E-state index in [1.54, 1.807) is 0 Å². The topological polar surface area (TPSA) is 34.1 Å². The van der Waals surface area contributed by atoms with Gasteiger partial charge in [0.2, 0.25) is 0 Å². The van der Waals surface area contributed by atoms with Crippen molar-refractivity contribution >= 4 is 48.2 Å². The van der Waals surface area contributed by atoms with Crippen LogP contribution in [0.5, 0.6) is 0 Å². The Kier molecular flexibility index (Phi) is 3.94. The van der Waals surface area contributed by atoms with Gasteiger partial charge >= 0.3 is 6.18 Å². The van der Waals surface area contributed by atoms with Gasteiger partial charge in [0.25, 0.3) is 9.05 Å². The molecular weight excluding hydrogens is 308 g/mol. The predicted molar refractivity (Wildman–Crippen MR) is 58.1 cm³/mol. The van der Waals surface area contributed by atoms with Crippen LogP contribution in [0.4, 0.5) is 13.2 Å². The van der Waals surface area contributed by atoms with E-state index in [-0.39, 0.29) is 14.6 Å². The first-order chi connectivity index (χ1) is 7.09. The Hall–Kier alpha value is -0.240. The Labute approximate surface area is 103 Å². The summed E-state index contributed by atoms with van der Waals surface area (Å²) in [5.74, 6) is 0. The maximum Gasteiger partial charge on any atom is 0.418 e. The lowest BCUT2D eigenvalue weighted by Crippen LogP contribution is -2.10. The zero-order valence-electron chi connectivity index (χ0n) is 7.25. The first kappa shape index (κ1) is 13.8. The largest absolute Gasteiger partial charge is 0.418 e. The highest BCUT2D eigenvalue weighted by Gasteiger charge is 2.37. The zero-order valence-corrected chi connectivity index (χ0v) is 10.4. The van der Waals surface area contributed by atoms with Crippen LogP contribution in [0.2, 0.25) is 4.34 Å². The first-order valence-electron chi connectivity index (χ1n) is 3.59. The number of hydrogen-bond donors (Lipinski definition) is 0. The lowest BCUT2D eigenvalue weighted by atomic mass is 10.2. The van der Waals surface area contributed by atoms with Gasteiger partial charge in [-0.05, 0) is 12.1 Å². The second-order valence-corrected chi connectivity index (χ2v) is 6.80. The maximum absolute atomic E-state index is 12.5. The minimum Gasteiger partial charge on any atom is -0.208 e. The van der Waals surface area contributed by atoms with E-state index in [1.807, 2.05) is 0 Å². The molecule has 0 unspecified atom stereocenters. The van der Waals surface area contributed by atoms with Crippen LogP contribution in [0, 0.1) is 0 Å². The smallest absolute Gasteiger partial charge is 0.208 e. The molecule has 0 amide bonds. The molecule has 0 fully saturated rings. The van der Waals surface area contributed by atoms with E-state index in [2.05, 4.69) is 0 Å². The highest BCUT2D eigenvalue weighted by Crippen LogP contribution is 2.39. The lowest BCUT2D eigenvalue weighted by Gasteiger charge is -2.08. The van der Waals surface area contributed by atoms with Crippen LogP contribution >= 0.6 is 33.6 Å². The number of rotatable bonds is 2.